The molecule has 0 atom stereocenters. The van der Waals surface area contributed by atoms with Crippen LogP contribution in [0.15, 0.2) is 65.7 Å². The van der Waals surface area contributed by atoms with Crippen molar-refractivity contribution in [2.45, 2.75) is 24.8 Å². The van der Waals surface area contributed by atoms with Gasteiger partial charge in [0.25, 0.3) is 5.91 Å². The molecule has 0 unspecified atom stereocenters. The van der Waals surface area contributed by atoms with E-state index in [2.05, 4.69) is 10.4 Å². The Morgan fingerprint density at radius 1 is 1.10 bits per heavy atom. The maximum Gasteiger partial charge on any atom is 0.257 e. The summed E-state index contributed by atoms with van der Waals surface area (Å²) in [6, 6.07) is 17.6. The van der Waals surface area contributed by atoms with Crippen LogP contribution in [0.3, 0.4) is 0 Å². The number of amides is 2. The van der Waals surface area contributed by atoms with Gasteiger partial charge in [-0.15, -0.1) is 11.8 Å². The number of carbonyl (C=O) groups excluding carboxylic acids is 2. The summed E-state index contributed by atoms with van der Waals surface area (Å²) < 4.78 is 1.85. The molecule has 6 nitrogen and oxygen atoms in total. The number of carbonyl (C=O) groups is 2. The monoisotopic (exact) mass is 422 g/mol. The number of nitrogens with zero attached hydrogens (tertiary/aromatic N) is 3. The molecule has 0 saturated carbocycles. The summed E-state index contributed by atoms with van der Waals surface area (Å²) in [5, 5.41) is 7.31. The molecule has 1 aromatic heterocycles. The maximum absolute atomic E-state index is 13.0. The number of nitrogens with one attached hydrogen (secondary N) is 1. The van der Waals surface area contributed by atoms with Gasteiger partial charge in [-0.1, -0.05) is 49.4 Å². The number of hydrogen-bond donors (Lipinski definition) is 1. The number of likely N-dealkylation sites (N-methyl/N-ethyl adjacent to an activating group) is 1. The molecule has 156 valence electrons. The zero-order chi connectivity index (χ0) is 21.5. The lowest BCUT2D eigenvalue weighted by molar-refractivity contribution is -0.116. The standard InChI is InChI=1S/C23H26N4O2S/c1-4-20-18(14-24-27(20)15-17-10-6-5-7-11-17)23(29)26(2)16-22(28)25-19-12-8-9-13-21(19)30-3/h5-14H,4,15-16H2,1-3H3,(H,25,28). The number of anilines is 1. The van der Waals surface area contributed by atoms with Crippen molar-refractivity contribution >= 4 is 29.3 Å². The van der Waals surface area contributed by atoms with E-state index in [0.29, 0.717) is 18.5 Å². The molecule has 0 aliphatic heterocycles. The highest BCUT2D eigenvalue weighted by Gasteiger charge is 2.21. The Hall–Kier alpha value is -3.06. The molecule has 0 fully saturated rings. The Bertz CT molecular complexity index is 1020. The van der Waals surface area contributed by atoms with Gasteiger partial charge in [0.1, 0.15) is 0 Å². The molecule has 7 heteroatoms. The summed E-state index contributed by atoms with van der Waals surface area (Å²) in [6.07, 6.45) is 4.23. The molecule has 0 radical (unpaired) electrons. The highest BCUT2D eigenvalue weighted by Crippen LogP contribution is 2.24. The van der Waals surface area contributed by atoms with E-state index >= 15 is 0 Å². The van der Waals surface area contributed by atoms with Crippen LogP contribution in [0.1, 0.15) is 28.5 Å². The van der Waals surface area contributed by atoms with E-state index in [1.54, 1.807) is 25.0 Å². The quantitative estimate of drug-likeness (QED) is 0.559. The normalized spacial score (nSPS) is 10.6. The van der Waals surface area contributed by atoms with E-state index in [9.17, 15) is 9.59 Å². The van der Waals surface area contributed by atoms with Gasteiger partial charge < -0.3 is 10.2 Å². The second-order valence-electron chi connectivity index (χ2n) is 6.91. The van der Waals surface area contributed by atoms with Gasteiger partial charge >= 0.3 is 0 Å². The first-order valence-corrected chi connectivity index (χ1v) is 11.0. The Labute approximate surface area is 181 Å². The molecule has 30 heavy (non-hydrogen) atoms. The van der Waals surface area contributed by atoms with E-state index < -0.39 is 0 Å². The van der Waals surface area contributed by atoms with Crippen molar-refractivity contribution in [2.24, 2.45) is 0 Å². The summed E-state index contributed by atoms with van der Waals surface area (Å²) in [5.41, 5.74) is 3.27. The summed E-state index contributed by atoms with van der Waals surface area (Å²) >= 11 is 1.56. The molecule has 2 amide bonds. The van der Waals surface area contributed by atoms with Gasteiger partial charge in [-0.3, -0.25) is 14.3 Å². The molecule has 0 bridgehead atoms. The van der Waals surface area contributed by atoms with E-state index in [-0.39, 0.29) is 18.4 Å². The molecular formula is C23H26N4O2S. The van der Waals surface area contributed by atoms with Crippen LogP contribution in [0.5, 0.6) is 0 Å². The fourth-order valence-corrected chi connectivity index (χ4v) is 3.84. The van der Waals surface area contributed by atoms with Gasteiger partial charge in [0, 0.05) is 11.9 Å². The lowest BCUT2D eigenvalue weighted by Crippen LogP contribution is -2.35. The van der Waals surface area contributed by atoms with E-state index in [1.165, 1.54) is 4.90 Å². The first kappa shape index (κ1) is 21.6. The summed E-state index contributed by atoms with van der Waals surface area (Å²) in [6.45, 7) is 2.57. The lowest BCUT2D eigenvalue weighted by atomic mass is 10.1. The van der Waals surface area contributed by atoms with Crippen LogP contribution in [0.4, 0.5) is 5.69 Å². The fourth-order valence-electron chi connectivity index (χ4n) is 3.29. The van der Waals surface area contributed by atoms with Gasteiger partial charge in [0.05, 0.1) is 36.2 Å². The summed E-state index contributed by atoms with van der Waals surface area (Å²) in [7, 11) is 1.64. The van der Waals surface area contributed by atoms with Crippen molar-refractivity contribution < 1.29 is 9.59 Å². The van der Waals surface area contributed by atoms with Crippen molar-refractivity contribution in [1.82, 2.24) is 14.7 Å². The Balaban J connectivity index is 1.69. The van der Waals surface area contributed by atoms with Crippen molar-refractivity contribution in [3.63, 3.8) is 0 Å². The van der Waals surface area contributed by atoms with E-state index in [0.717, 1.165) is 21.8 Å². The predicted octanol–water partition coefficient (Wildman–Crippen LogP) is 3.93. The minimum atomic E-state index is -0.234. The number of para-hydroxylation sites is 1. The minimum absolute atomic E-state index is 0.0332. The number of aromatic nitrogens is 2. The van der Waals surface area contributed by atoms with Crippen LogP contribution in [-0.4, -0.2) is 46.3 Å². The fraction of sp³-hybridized carbons (Fsp3) is 0.261. The van der Waals surface area contributed by atoms with Crippen molar-refractivity contribution in [2.75, 3.05) is 25.2 Å². The number of benzene rings is 2. The smallest absolute Gasteiger partial charge is 0.257 e. The van der Waals surface area contributed by atoms with Crippen LogP contribution in [-0.2, 0) is 17.8 Å². The first-order chi connectivity index (χ1) is 14.5. The van der Waals surface area contributed by atoms with E-state index in [4.69, 9.17) is 0 Å². The largest absolute Gasteiger partial charge is 0.332 e. The number of thioether (sulfide) groups is 1. The molecule has 3 aromatic rings. The zero-order valence-electron chi connectivity index (χ0n) is 17.5. The molecule has 0 saturated heterocycles. The highest BCUT2D eigenvalue weighted by atomic mass is 32.2. The van der Waals surface area contributed by atoms with Crippen LogP contribution >= 0.6 is 11.8 Å². The molecule has 2 aromatic carbocycles. The van der Waals surface area contributed by atoms with Gasteiger partial charge in [0.2, 0.25) is 5.91 Å². The molecule has 3 rings (SSSR count). The number of hydrogen-bond acceptors (Lipinski definition) is 4. The van der Waals surface area contributed by atoms with Gasteiger partial charge in [-0.05, 0) is 30.4 Å². The van der Waals surface area contributed by atoms with Gasteiger partial charge in [-0.25, -0.2) is 0 Å². The van der Waals surface area contributed by atoms with Gasteiger partial charge in [0.15, 0.2) is 0 Å². The zero-order valence-corrected chi connectivity index (χ0v) is 18.3. The summed E-state index contributed by atoms with van der Waals surface area (Å²) in [5.74, 6) is -0.443. The molecule has 1 N–H and O–H groups in total. The van der Waals surface area contributed by atoms with Crippen molar-refractivity contribution in [1.29, 1.82) is 0 Å². The summed E-state index contributed by atoms with van der Waals surface area (Å²) in [4.78, 5) is 27.9. The van der Waals surface area contributed by atoms with E-state index in [1.807, 2.05) is 72.5 Å². The highest BCUT2D eigenvalue weighted by molar-refractivity contribution is 7.98. The molecule has 1 heterocycles. The predicted molar refractivity (Wildman–Crippen MR) is 121 cm³/mol. The third kappa shape index (κ3) is 5.10. The number of rotatable bonds is 8. The Morgan fingerprint density at radius 3 is 2.50 bits per heavy atom. The third-order valence-corrected chi connectivity index (χ3v) is 5.59. The van der Waals surface area contributed by atoms with Crippen LogP contribution in [0.25, 0.3) is 0 Å². The topological polar surface area (TPSA) is 67.2 Å². The molecular weight excluding hydrogens is 396 g/mol. The average Bonchev–Trinajstić information content (AvgIpc) is 3.16. The van der Waals surface area contributed by atoms with Crippen LogP contribution < -0.4 is 5.32 Å². The third-order valence-electron chi connectivity index (χ3n) is 4.80. The van der Waals surface area contributed by atoms with Crippen molar-refractivity contribution in [3.05, 3.63) is 77.6 Å². The maximum atomic E-state index is 13.0. The second kappa shape index (κ2) is 10.1. The van der Waals surface area contributed by atoms with Gasteiger partial charge in [-0.2, -0.15) is 5.10 Å². The Kier molecular flexibility index (Phi) is 7.30. The van der Waals surface area contributed by atoms with Crippen LogP contribution in [0, 0.1) is 0 Å². The molecule has 0 aliphatic carbocycles. The molecule has 0 aliphatic rings. The second-order valence-corrected chi connectivity index (χ2v) is 7.76. The lowest BCUT2D eigenvalue weighted by Gasteiger charge is -2.18. The van der Waals surface area contributed by atoms with Crippen molar-refractivity contribution in [3.8, 4) is 0 Å². The SMILES string of the molecule is CCc1c(C(=O)N(C)CC(=O)Nc2ccccc2SC)cnn1Cc1ccccc1. The Morgan fingerprint density at radius 2 is 1.80 bits per heavy atom. The molecule has 0 spiro atoms. The first-order valence-electron chi connectivity index (χ1n) is 9.80. The average molecular weight is 423 g/mol. The van der Waals surface area contributed by atoms with Crippen LogP contribution in [0.2, 0.25) is 0 Å². The minimum Gasteiger partial charge on any atom is -0.332 e.